The van der Waals surface area contributed by atoms with Gasteiger partial charge in [-0.15, -0.1) is 0 Å². The Morgan fingerprint density at radius 3 is 1.74 bits per heavy atom. The largest absolute Gasteiger partial charge is 0.459 e. The Kier molecular flexibility index (Phi) is 6.28. The van der Waals surface area contributed by atoms with Crippen molar-refractivity contribution in [3.8, 4) is 0 Å². The molecule has 1 N–H and O–H groups in total. The van der Waals surface area contributed by atoms with Crippen molar-refractivity contribution in [3.63, 3.8) is 0 Å². The second-order valence-electron chi connectivity index (χ2n) is 5.75. The third-order valence-corrected chi connectivity index (χ3v) is 4.48. The summed E-state index contributed by atoms with van der Waals surface area (Å²) >= 11 is -0.198. The van der Waals surface area contributed by atoms with E-state index in [1.54, 1.807) is 0 Å². The molecule has 1 aromatic heterocycles. The Balaban J connectivity index is 2.47. The molecule has 31 heavy (non-hydrogen) atoms. The summed E-state index contributed by atoms with van der Waals surface area (Å²) in [6.07, 6.45) is -16.8. The van der Waals surface area contributed by atoms with Crippen molar-refractivity contribution in [1.29, 1.82) is 0 Å². The first kappa shape index (κ1) is 24.7. The molecule has 0 unspecified atom stereocenters. The molecule has 0 aliphatic rings. The van der Waals surface area contributed by atoms with E-state index in [9.17, 15) is 57.5 Å². The number of amides is 1. The Labute approximate surface area is 167 Å². The summed E-state index contributed by atoms with van der Waals surface area (Å²) in [6, 6.07) is -0.289. The van der Waals surface area contributed by atoms with Crippen LogP contribution < -0.4 is 5.32 Å². The average Bonchev–Trinajstić information content (AvgIpc) is 3.02. The average molecular weight is 490 g/mol. The van der Waals surface area contributed by atoms with Gasteiger partial charge in [-0.2, -0.15) is 48.3 Å². The van der Waals surface area contributed by atoms with E-state index in [1.165, 1.54) is 5.32 Å². The van der Waals surface area contributed by atoms with Crippen LogP contribution >= 0.6 is 11.3 Å². The van der Waals surface area contributed by atoms with Crippen LogP contribution in [0.15, 0.2) is 18.2 Å². The van der Waals surface area contributed by atoms with Gasteiger partial charge in [0.2, 0.25) is 0 Å². The van der Waals surface area contributed by atoms with E-state index in [2.05, 4.69) is 4.98 Å². The first-order chi connectivity index (χ1) is 13.9. The molecule has 16 heteroatoms. The number of hydrogen-bond donors (Lipinski definition) is 1. The van der Waals surface area contributed by atoms with Gasteiger partial charge in [-0.25, -0.2) is 9.37 Å². The molecule has 1 aromatic carbocycles. The van der Waals surface area contributed by atoms with E-state index in [0.717, 1.165) is 0 Å². The van der Waals surface area contributed by atoms with Crippen molar-refractivity contribution >= 4 is 22.4 Å². The Morgan fingerprint density at radius 1 is 0.871 bits per heavy atom. The zero-order valence-corrected chi connectivity index (χ0v) is 15.1. The topological polar surface area (TPSA) is 42.0 Å². The van der Waals surface area contributed by atoms with Gasteiger partial charge in [-0.05, 0) is 18.2 Å². The number of nitrogens with zero attached hydrogens (tertiary/aromatic N) is 1. The molecule has 0 atom stereocenters. The molecular formula is C15H6F12N2OS. The van der Waals surface area contributed by atoms with Crippen LogP contribution in [-0.4, -0.2) is 17.1 Å². The lowest BCUT2D eigenvalue weighted by molar-refractivity contribution is -0.291. The normalized spacial score (nSPS) is 13.4. The molecule has 0 bridgehead atoms. The third kappa shape index (κ3) is 5.22. The van der Waals surface area contributed by atoms with Crippen LogP contribution in [0.4, 0.5) is 57.8 Å². The van der Waals surface area contributed by atoms with E-state index in [-0.39, 0.29) is 29.5 Å². The van der Waals surface area contributed by atoms with Crippen molar-refractivity contribution in [2.45, 2.75) is 31.1 Å². The molecule has 0 fully saturated rings. The van der Waals surface area contributed by atoms with Crippen LogP contribution in [0.2, 0.25) is 0 Å². The second kappa shape index (κ2) is 7.87. The lowest BCUT2D eigenvalue weighted by Gasteiger charge is -2.18. The van der Waals surface area contributed by atoms with Gasteiger partial charge < -0.3 is 0 Å². The van der Waals surface area contributed by atoms with Gasteiger partial charge in [0.15, 0.2) is 5.13 Å². The maximum atomic E-state index is 13.4. The molecule has 0 saturated carbocycles. The lowest BCUT2D eigenvalue weighted by atomic mass is 10.0. The number of anilines is 1. The third-order valence-electron chi connectivity index (χ3n) is 3.54. The van der Waals surface area contributed by atoms with Crippen LogP contribution in [0.5, 0.6) is 0 Å². The quantitative estimate of drug-likeness (QED) is 0.494. The molecule has 1 amide bonds. The SMILES string of the molecule is O=C(Nc1nc(C(F)(F)C(F)(F)F)c(CF)s1)c1cc(C(F)(F)F)cc(C(F)(F)F)c1. The number of benzene rings is 1. The van der Waals surface area contributed by atoms with Crippen molar-refractivity contribution in [2.24, 2.45) is 0 Å². The van der Waals surface area contributed by atoms with Gasteiger partial charge in [-0.3, -0.25) is 10.1 Å². The van der Waals surface area contributed by atoms with Gasteiger partial charge >= 0.3 is 24.5 Å². The summed E-state index contributed by atoms with van der Waals surface area (Å²) in [7, 11) is 0. The van der Waals surface area contributed by atoms with Gasteiger partial charge in [0, 0.05) is 5.56 Å². The molecular weight excluding hydrogens is 484 g/mol. The molecule has 172 valence electrons. The fourth-order valence-corrected chi connectivity index (χ4v) is 2.97. The molecule has 1 heterocycles. The fraction of sp³-hybridized carbons (Fsp3) is 0.333. The Morgan fingerprint density at radius 2 is 1.35 bits per heavy atom. The summed E-state index contributed by atoms with van der Waals surface area (Å²) < 4.78 is 154. The van der Waals surface area contributed by atoms with Gasteiger partial charge in [-0.1, -0.05) is 11.3 Å². The Bertz CT molecular complexity index is 942. The maximum absolute atomic E-state index is 13.4. The highest BCUT2D eigenvalue weighted by Crippen LogP contribution is 2.46. The number of nitrogens with one attached hydrogen (secondary N) is 1. The summed E-state index contributed by atoms with van der Waals surface area (Å²) in [5.74, 6) is -7.37. The number of aromatic nitrogens is 1. The molecule has 0 radical (unpaired) electrons. The predicted octanol–water partition coefficient (Wildman–Crippen LogP) is 6.56. The summed E-state index contributed by atoms with van der Waals surface area (Å²) in [5.41, 5.74) is -7.09. The van der Waals surface area contributed by atoms with E-state index in [0.29, 0.717) is 0 Å². The van der Waals surface area contributed by atoms with E-state index >= 15 is 0 Å². The first-order valence-corrected chi connectivity index (χ1v) is 8.31. The zero-order chi connectivity index (χ0) is 24.0. The first-order valence-electron chi connectivity index (χ1n) is 7.49. The van der Waals surface area contributed by atoms with Crippen LogP contribution in [-0.2, 0) is 24.9 Å². The van der Waals surface area contributed by atoms with Crippen LogP contribution in [0.25, 0.3) is 0 Å². The highest BCUT2D eigenvalue weighted by atomic mass is 32.1. The summed E-state index contributed by atoms with van der Waals surface area (Å²) in [5, 5.41) is 0.406. The van der Waals surface area contributed by atoms with Crippen molar-refractivity contribution in [3.05, 3.63) is 45.5 Å². The minimum Gasteiger partial charge on any atom is -0.298 e. The minimum atomic E-state index is -6.19. The van der Waals surface area contributed by atoms with E-state index in [4.69, 9.17) is 0 Å². The van der Waals surface area contributed by atoms with Crippen LogP contribution in [0, 0.1) is 0 Å². The van der Waals surface area contributed by atoms with E-state index < -0.39 is 69.4 Å². The smallest absolute Gasteiger partial charge is 0.298 e. The summed E-state index contributed by atoms with van der Waals surface area (Å²) in [4.78, 5) is 13.6. The predicted molar refractivity (Wildman–Crippen MR) is 81.3 cm³/mol. The van der Waals surface area contributed by atoms with Crippen molar-refractivity contribution in [2.75, 3.05) is 5.32 Å². The van der Waals surface area contributed by atoms with Crippen LogP contribution in [0.1, 0.15) is 32.1 Å². The van der Waals surface area contributed by atoms with Gasteiger partial charge in [0.05, 0.1) is 16.0 Å². The van der Waals surface area contributed by atoms with Gasteiger partial charge in [0.25, 0.3) is 5.91 Å². The molecule has 0 aliphatic carbocycles. The molecule has 2 rings (SSSR count). The van der Waals surface area contributed by atoms with Crippen LogP contribution in [0.3, 0.4) is 0 Å². The van der Waals surface area contributed by atoms with E-state index in [1.807, 2.05) is 0 Å². The fourth-order valence-electron chi connectivity index (χ4n) is 2.13. The zero-order valence-electron chi connectivity index (χ0n) is 14.2. The molecule has 0 spiro atoms. The standard InChI is InChI=1S/C15H6F12N2OS/c16-4-8-9(12(17,18)15(25,26)27)28-11(31-8)29-10(30)5-1-6(13(19,20)21)3-7(2-5)14(22,23)24/h1-3H,4H2,(H,28,29,30). The van der Waals surface area contributed by atoms with Crippen molar-refractivity contribution < 1.29 is 57.5 Å². The number of hydrogen-bond acceptors (Lipinski definition) is 3. The van der Waals surface area contributed by atoms with Gasteiger partial charge in [0.1, 0.15) is 12.4 Å². The number of carbonyl (C=O) groups is 1. The molecule has 0 saturated heterocycles. The highest BCUT2D eigenvalue weighted by Gasteiger charge is 2.61. The minimum absolute atomic E-state index is 0.000521. The Hall–Kier alpha value is -2.52. The maximum Gasteiger partial charge on any atom is 0.459 e. The summed E-state index contributed by atoms with van der Waals surface area (Å²) in [6.45, 7) is -1.86. The molecule has 3 nitrogen and oxygen atoms in total. The number of rotatable bonds is 4. The number of thiazole rings is 1. The highest BCUT2D eigenvalue weighted by molar-refractivity contribution is 7.15. The molecule has 0 aliphatic heterocycles. The number of carbonyl (C=O) groups excluding carboxylic acids is 1. The lowest BCUT2D eigenvalue weighted by Crippen LogP contribution is -2.34. The number of halogens is 12. The molecule has 2 aromatic rings. The second-order valence-corrected chi connectivity index (χ2v) is 6.83. The van der Waals surface area contributed by atoms with Crippen molar-refractivity contribution in [1.82, 2.24) is 4.98 Å². The number of alkyl halides is 12. The monoisotopic (exact) mass is 490 g/mol.